The molecule has 3 aromatic rings. The number of anilines is 1. The van der Waals surface area contributed by atoms with Crippen molar-refractivity contribution in [3.8, 4) is 11.5 Å². The van der Waals surface area contributed by atoms with Crippen LogP contribution in [0.25, 0.3) is 0 Å². The van der Waals surface area contributed by atoms with Crippen LogP contribution in [0.4, 0.5) is 11.4 Å². The first-order valence-electron chi connectivity index (χ1n) is 8.66. The number of amides is 1. The molecule has 0 radical (unpaired) electrons. The standard InChI is InChI=1S/C20H17ClN2O6/c1-2-27-15-7-9-17(18(11-15)23(25)26)22-20(24)19-10-8-16(29-19)12-28-14-5-3-13(21)4-6-14/h3-11H,2,12H2,1H3,(H,22,24). The molecule has 0 spiro atoms. The van der Waals surface area contributed by atoms with E-state index in [0.717, 1.165) is 0 Å². The lowest BCUT2D eigenvalue weighted by molar-refractivity contribution is -0.384. The molecule has 0 atom stereocenters. The zero-order chi connectivity index (χ0) is 20.8. The summed E-state index contributed by atoms with van der Waals surface area (Å²) in [4.78, 5) is 23.1. The van der Waals surface area contributed by atoms with Crippen molar-refractivity contribution in [2.24, 2.45) is 0 Å². The molecule has 3 rings (SSSR count). The van der Waals surface area contributed by atoms with Crippen LogP contribution in [0.1, 0.15) is 23.2 Å². The van der Waals surface area contributed by atoms with Crippen LogP contribution in [0, 0.1) is 10.1 Å². The molecule has 1 heterocycles. The zero-order valence-electron chi connectivity index (χ0n) is 15.4. The Bertz CT molecular complexity index is 1020. The summed E-state index contributed by atoms with van der Waals surface area (Å²) >= 11 is 5.82. The van der Waals surface area contributed by atoms with Gasteiger partial charge in [-0.25, -0.2) is 0 Å². The second-order valence-electron chi connectivity index (χ2n) is 5.83. The molecule has 2 aromatic carbocycles. The van der Waals surface area contributed by atoms with Crippen LogP contribution in [0.3, 0.4) is 0 Å². The SMILES string of the molecule is CCOc1ccc(NC(=O)c2ccc(COc3ccc(Cl)cc3)o2)c([N+](=O)[O-])c1. The molecule has 0 aliphatic carbocycles. The van der Waals surface area contributed by atoms with Crippen molar-refractivity contribution in [1.82, 2.24) is 0 Å². The molecule has 0 bridgehead atoms. The van der Waals surface area contributed by atoms with Gasteiger partial charge in [0, 0.05) is 5.02 Å². The highest BCUT2D eigenvalue weighted by Crippen LogP contribution is 2.29. The molecule has 0 fully saturated rings. The lowest BCUT2D eigenvalue weighted by Gasteiger charge is -2.07. The smallest absolute Gasteiger partial charge is 0.296 e. The highest BCUT2D eigenvalue weighted by Gasteiger charge is 2.20. The fourth-order valence-corrected chi connectivity index (χ4v) is 2.60. The minimum Gasteiger partial charge on any atom is -0.494 e. The maximum absolute atomic E-state index is 12.4. The molecular formula is C20H17ClN2O6. The van der Waals surface area contributed by atoms with Crippen LogP contribution >= 0.6 is 11.6 Å². The number of benzene rings is 2. The lowest BCUT2D eigenvalue weighted by atomic mass is 10.2. The zero-order valence-corrected chi connectivity index (χ0v) is 16.1. The number of hydrogen-bond donors (Lipinski definition) is 1. The molecule has 9 heteroatoms. The predicted molar refractivity (Wildman–Crippen MR) is 107 cm³/mol. The molecule has 0 saturated heterocycles. The third kappa shape index (κ3) is 5.26. The number of nitro groups is 1. The van der Waals surface area contributed by atoms with Gasteiger partial charge in [-0.05, 0) is 55.5 Å². The van der Waals surface area contributed by atoms with Crippen molar-refractivity contribution in [1.29, 1.82) is 0 Å². The molecule has 8 nitrogen and oxygen atoms in total. The van der Waals surface area contributed by atoms with Crippen LogP contribution < -0.4 is 14.8 Å². The number of ether oxygens (including phenoxy) is 2. The fourth-order valence-electron chi connectivity index (χ4n) is 2.47. The molecule has 0 aliphatic heterocycles. The van der Waals surface area contributed by atoms with Gasteiger partial charge in [-0.3, -0.25) is 14.9 Å². The van der Waals surface area contributed by atoms with Gasteiger partial charge in [0.15, 0.2) is 5.76 Å². The number of nitrogens with zero attached hydrogens (tertiary/aromatic N) is 1. The first kappa shape index (κ1) is 20.2. The number of rotatable bonds is 8. The Morgan fingerprint density at radius 1 is 1.10 bits per heavy atom. The van der Waals surface area contributed by atoms with Crippen LogP contribution in [0.15, 0.2) is 59.0 Å². The molecule has 29 heavy (non-hydrogen) atoms. The van der Waals surface area contributed by atoms with Crippen molar-refractivity contribution >= 4 is 28.9 Å². The van der Waals surface area contributed by atoms with Crippen LogP contribution in [-0.2, 0) is 6.61 Å². The van der Waals surface area contributed by atoms with Gasteiger partial charge in [0.05, 0.1) is 17.6 Å². The number of nitro benzene ring substituents is 1. The minimum atomic E-state index is -0.616. The van der Waals surface area contributed by atoms with Crippen molar-refractivity contribution in [3.05, 3.63) is 81.3 Å². The van der Waals surface area contributed by atoms with Crippen molar-refractivity contribution in [2.45, 2.75) is 13.5 Å². The van der Waals surface area contributed by atoms with Gasteiger partial charge in [0.2, 0.25) is 0 Å². The summed E-state index contributed by atoms with van der Waals surface area (Å²) in [6.45, 7) is 2.25. The number of carbonyl (C=O) groups excluding carboxylic acids is 1. The van der Waals surface area contributed by atoms with E-state index < -0.39 is 10.8 Å². The van der Waals surface area contributed by atoms with E-state index in [4.69, 9.17) is 25.5 Å². The Morgan fingerprint density at radius 2 is 1.83 bits per heavy atom. The summed E-state index contributed by atoms with van der Waals surface area (Å²) in [6.07, 6.45) is 0. The van der Waals surface area contributed by atoms with Gasteiger partial charge >= 0.3 is 0 Å². The van der Waals surface area contributed by atoms with Gasteiger partial charge < -0.3 is 19.2 Å². The lowest BCUT2D eigenvalue weighted by Crippen LogP contribution is -2.12. The highest BCUT2D eigenvalue weighted by atomic mass is 35.5. The Hall–Kier alpha value is -3.52. The third-order valence-corrected chi connectivity index (χ3v) is 4.06. The Kier molecular flexibility index (Phi) is 6.36. The normalized spacial score (nSPS) is 10.4. The summed E-state index contributed by atoms with van der Waals surface area (Å²) in [6, 6.07) is 14.1. The minimum absolute atomic E-state index is 0.00267. The van der Waals surface area contributed by atoms with Gasteiger partial charge in [0.1, 0.15) is 29.6 Å². The summed E-state index contributed by atoms with van der Waals surface area (Å²) < 4.78 is 16.3. The number of hydrogen-bond acceptors (Lipinski definition) is 6. The fraction of sp³-hybridized carbons (Fsp3) is 0.150. The average Bonchev–Trinajstić information content (AvgIpc) is 3.18. The van der Waals surface area contributed by atoms with Crippen LogP contribution in [0.5, 0.6) is 11.5 Å². The second kappa shape index (κ2) is 9.11. The van der Waals surface area contributed by atoms with E-state index in [1.807, 2.05) is 0 Å². The number of carbonyl (C=O) groups is 1. The maximum atomic E-state index is 12.4. The summed E-state index contributed by atoms with van der Waals surface area (Å²) in [5.41, 5.74) is -0.235. The molecule has 0 aliphatic rings. The number of halogens is 1. The van der Waals surface area contributed by atoms with Crippen LogP contribution in [-0.4, -0.2) is 17.4 Å². The van der Waals surface area contributed by atoms with Gasteiger partial charge in [0.25, 0.3) is 11.6 Å². The average molecular weight is 417 g/mol. The Labute approximate surface area is 171 Å². The van der Waals surface area contributed by atoms with E-state index >= 15 is 0 Å². The first-order chi connectivity index (χ1) is 14.0. The molecule has 150 valence electrons. The van der Waals surface area contributed by atoms with Crippen molar-refractivity contribution < 1.29 is 23.6 Å². The van der Waals surface area contributed by atoms with E-state index in [1.54, 1.807) is 43.3 Å². The van der Waals surface area contributed by atoms with Gasteiger partial charge in [-0.1, -0.05) is 11.6 Å². The first-order valence-corrected chi connectivity index (χ1v) is 9.03. The van der Waals surface area contributed by atoms with Gasteiger partial charge in [-0.2, -0.15) is 0 Å². The molecule has 0 saturated carbocycles. The second-order valence-corrected chi connectivity index (χ2v) is 6.27. The molecule has 1 N–H and O–H groups in total. The van der Waals surface area contributed by atoms with Crippen molar-refractivity contribution in [2.75, 3.05) is 11.9 Å². The highest BCUT2D eigenvalue weighted by molar-refractivity contribution is 6.30. The van der Waals surface area contributed by atoms with E-state index in [1.165, 1.54) is 18.2 Å². The quantitative estimate of drug-likeness (QED) is 0.406. The van der Waals surface area contributed by atoms with Crippen molar-refractivity contribution in [3.63, 3.8) is 0 Å². The molecule has 1 aromatic heterocycles. The number of furan rings is 1. The molecule has 1 amide bonds. The Balaban J connectivity index is 1.67. The Morgan fingerprint density at radius 3 is 2.52 bits per heavy atom. The topological polar surface area (TPSA) is 104 Å². The monoisotopic (exact) mass is 416 g/mol. The van der Waals surface area contributed by atoms with Crippen LogP contribution in [0.2, 0.25) is 5.02 Å². The predicted octanol–water partition coefficient (Wildman–Crippen LogP) is 5.07. The van der Waals surface area contributed by atoms with Gasteiger partial charge in [-0.15, -0.1) is 0 Å². The van der Waals surface area contributed by atoms with E-state index in [9.17, 15) is 14.9 Å². The van der Waals surface area contributed by atoms with E-state index in [2.05, 4.69) is 5.32 Å². The largest absolute Gasteiger partial charge is 0.494 e. The maximum Gasteiger partial charge on any atom is 0.296 e. The molecular weight excluding hydrogens is 400 g/mol. The van der Waals surface area contributed by atoms with E-state index in [-0.39, 0.29) is 23.7 Å². The molecule has 0 unspecified atom stereocenters. The number of nitrogens with one attached hydrogen (secondary N) is 1. The van der Waals surface area contributed by atoms with E-state index in [0.29, 0.717) is 28.9 Å². The third-order valence-electron chi connectivity index (χ3n) is 3.81. The summed E-state index contributed by atoms with van der Waals surface area (Å²) in [5.74, 6) is 0.753. The summed E-state index contributed by atoms with van der Waals surface area (Å²) in [7, 11) is 0. The summed E-state index contributed by atoms with van der Waals surface area (Å²) in [5, 5.41) is 14.4.